The number of benzene rings is 1. The number of piperidine rings is 1. The molecule has 1 amide bonds. The van der Waals surface area contributed by atoms with Gasteiger partial charge in [0.15, 0.2) is 0 Å². The Bertz CT molecular complexity index is 831. The van der Waals surface area contributed by atoms with Gasteiger partial charge in [0.25, 0.3) is 0 Å². The second-order valence-corrected chi connectivity index (χ2v) is 9.65. The number of alkyl halides is 3. The van der Waals surface area contributed by atoms with Crippen molar-refractivity contribution in [3.05, 3.63) is 28.8 Å². The minimum atomic E-state index is -4.74. The van der Waals surface area contributed by atoms with Crippen LogP contribution >= 0.6 is 11.6 Å². The van der Waals surface area contributed by atoms with Crippen molar-refractivity contribution in [1.82, 2.24) is 9.62 Å². The van der Waals surface area contributed by atoms with Gasteiger partial charge < -0.3 is 5.32 Å². The van der Waals surface area contributed by atoms with Crippen LogP contribution in [0.1, 0.15) is 44.1 Å². The summed E-state index contributed by atoms with van der Waals surface area (Å²) < 4.78 is 65.7. The molecule has 1 aromatic rings. The maximum atomic E-state index is 13.0. The highest BCUT2D eigenvalue weighted by Crippen LogP contribution is 2.36. The number of rotatable bonds is 4. The first-order chi connectivity index (χ1) is 13.1. The fourth-order valence-corrected chi connectivity index (χ4v) is 5.50. The molecule has 10 heteroatoms. The van der Waals surface area contributed by atoms with Gasteiger partial charge in [-0.1, -0.05) is 24.4 Å². The molecule has 1 aromatic carbocycles. The Morgan fingerprint density at radius 1 is 1.11 bits per heavy atom. The molecule has 0 unspecified atom stereocenters. The Balaban J connectivity index is 1.67. The van der Waals surface area contributed by atoms with E-state index < -0.39 is 31.7 Å². The van der Waals surface area contributed by atoms with E-state index >= 15 is 0 Å². The van der Waals surface area contributed by atoms with Crippen LogP contribution in [0.2, 0.25) is 5.02 Å². The van der Waals surface area contributed by atoms with Crippen molar-refractivity contribution < 1.29 is 26.4 Å². The van der Waals surface area contributed by atoms with E-state index in [2.05, 4.69) is 5.32 Å². The summed E-state index contributed by atoms with van der Waals surface area (Å²) in [6.07, 6.45) is 0.0857. The molecule has 0 radical (unpaired) electrons. The average molecular weight is 439 g/mol. The summed E-state index contributed by atoms with van der Waals surface area (Å²) in [6, 6.07) is 2.78. The summed E-state index contributed by atoms with van der Waals surface area (Å²) in [7, 11) is -4.09. The lowest BCUT2D eigenvalue weighted by Crippen LogP contribution is -2.44. The summed E-state index contributed by atoms with van der Waals surface area (Å²) in [4.78, 5) is 11.9. The molecule has 2 fully saturated rings. The van der Waals surface area contributed by atoms with Gasteiger partial charge in [-0.05, 0) is 43.9 Å². The third-order valence-corrected chi connectivity index (χ3v) is 7.63. The van der Waals surface area contributed by atoms with Crippen LogP contribution in [0.15, 0.2) is 23.1 Å². The van der Waals surface area contributed by atoms with Crippen LogP contribution in [0.4, 0.5) is 13.2 Å². The number of carbonyl (C=O) groups is 1. The van der Waals surface area contributed by atoms with Gasteiger partial charge in [-0.15, -0.1) is 0 Å². The van der Waals surface area contributed by atoms with Crippen LogP contribution in [-0.4, -0.2) is 37.8 Å². The molecule has 1 saturated carbocycles. The van der Waals surface area contributed by atoms with Crippen molar-refractivity contribution >= 4 is 27.5 Å². The number of nitrogens with one attached hydrogen (secondary N) is 1. The smallest absolute Gasteiger partial charge is 0.353 e. The summed E-state index contributed by atoms with van der Waals surface area (Å²) in [6.45, 7) is 0.185. The van der Waals surface area contributed by atoms with Gasteiger partial charge in [0, 0.05) is 25.0 Å². The van der Waals surface area contributed by atoms with E-state index in [4.69, 9.17) is 11.6 Å². The standard InChI is InChI=1S/C18H22ClF3N2O3S/c19-16-6-5-14(11-15(16)18(20,21)22)28(26,27)24-9-7-12(8-10-24)17(25)23-13-3-1-2-4-13/h5-6,11-13H,1-4,7-10H2,(H,23,25). The van der Waals surface area contributed by atoms with E-state index in [1.54, 1.807) is 0 Å². The lowest BCUT2D eigenvalue weighted by molar-refractivity contribution is -0.137. The number of nitrogens with zero attached hydrogens (tertiary/aromatic N) is 1. The molecule has 2 aliphatic rings. The van der Waals surface area contributed by atoms with Crippen molar-refractivity contribution in [2.75, 3.05) is 13.1 Å². The second-order valence-electron chi connectivity index (χ2n) is 7.31. The van der Waals surface area contributed by atoms with Crippen molar-refractivity contribution in [2.45, 2.75) is 55.6 Å². The van der Waals surface area contributed by atoms with Crippen LogP contribution in [0.3, 0.4) is 0 Å². The predicted molar refractivity (Wildman–Crippen MR) is 98.3 cm³/mol. The molecule has 3 rings (SSSR count). The van der Waals surface area contributed by atoms with Crippen LogP contribution in [0.5, 0.6) is 0 Å². The number of hydrogen-bond donors (Lipinski definition) is 1. The summed E-state index contributed by atoms with van der Waals surface area (Å²) in [5.74, 6) is -0.335. The van der Waals surface area contributed by atoms with E-state index in [1.165, 1.54) is 0 Å². The lowest BCUT2D eigenvalue weighted by Gasteiger charge is -2.31. The molecule has 28 heavy (non-hydrogen) atoms. The van der Waals surface area contributed by atoms with E-state index in [-0.39, 0.29) is 31.0 Å². The van der Waals surface area contributed by atoms with Crippen LogP contribution < -0.4 is 5.32 Å². The second kappa shape index (κ2) is 8.20. The van der Waals surface area contributed by atoms with Crippen molar-refractivity contribution in [3.63, 3.8) is 0 Å². The average Bonchev–Trinajstić information content (AvgIpc) is 3.14. The highest BCUT2D eigenvalue weighted by molar-refractivity contribution is 7.89. The third-order valence-electron chi connectivity index (χ3n) is 5.41. The summed E-state index contributed by atoms with van der Waals surface area (Å²) in [5, 5.41) is 2.47. The summed E-state index contributed by atoms with van der Waals surface area (Å²) >= 11 is 5.57. The molecule has 1 N–H and O–H groups in total. The maximum absolute atomic E-state index is 13.0. The van der Waals surface area contributed by atoms with Crippen molar-refractivity contribution in [3.8, 4) is 0 Å². The molecule has 1 saturated heterocycles. The van der Waals surface area contributed by atoms with Crippen molar-refractivity contribution in [2.24, 2.45) is 5.92 Å². The SMILES string of the molecule is O=C(NC1CCCC1)C1CCN(S(=O)(=O)c2ccc(Cl)c(C(F)(F)F)c2)CC1. The first-order valence-corrected chi connectivity index (χ1v) is 11.1. The van der Waals surface area contributed by atoms with E-state index in [0.717, 1.165) is 42.1 Å². The van der Waals surface area contributed by atoms with Gasteiger partial charge in [0.1, 0.15) is 0 Å². The Labute approximate surface area is 167 Å². The zero-order valence-electron chi connectivity index (χ0n) is 15.1. The third kappa shape index (κ3) is 4.63. The lowest BCUT2D eigenvalue weighted by atomic mass is 9.97. The van der Waals surface area contributed by atoms with Crippen LogP contribution in [-0.2, 0) is 21.0 Å². The predicted octanol–water partition coefficient (Wildman–Crippen LogP) is 3.82. The minimum Gasteiger partial charge on any atom is -0.353 e. The van der Waals surface area contributed by atoms with E-state index in [0.29, 0.717) is 18.9 Å². The Hall–Kier alpha value is -1.32. The molecule has 0 bridgehead atoms. The fourth-order valence-electron chi connectivity index (χ4n) is 3.78. The normalized spacial score (nSPS) is 20.4. The Kier molecular flexibility index (Phi) is 6.26. The fraction of sp³-hybridized carbons (Fsp3) is 0.611. The monoisotopic (exact) mass is 438 g/mol. The molecule has 1 aliphatic heterocycles. The molecule has 0 atom stereocenters. The van der Waals surface area contributed by atoms with Gasteiger partial charge in [0.05, 0.1) is 15.5 Å². The molecule has 1 aliphatic carbocycles. The maximum Gasteiger partial charge on any atom is 0.417 e. The highest BCUT2D eigenvalue weighted by atomic mass is 35.5. The van der Waals surface area contributed by atoms with Gasteiger partial charge in [-0.3, -0.25) is 4.79 Å². The number of hydrogen-bond acceptors (Lipinski definition) is 3. The van der Waals surface area contributed by atoms with Crippen LogP contribution in [0.25, 0.3) is 0 Å². The first kappa shape index (κ1) is 21.4. The van der Waals surface area contributed by atoms with Gasteiger partial charge >= 0.3 is 6.18 Å². The van der Waals surface area contributed by atoms with Crippen molar-refractivity contribution in [1.29, 1.82) is 0 Å². The minimum absolute atomic E-state index is 0.0604. The Morgan fingerprint density at radius 2 is 1.71 bits per heavy atom. The molecule has 5 nitrogen and oxygen atoms in total. The van der Waals surface area contributed by atoms with Gasteiger partial charge in [-0.25, -0.2) is 8.42 Å². The Morgan fingerprint density at radius 3 is 2.29 bits per heavy atom. The molecular formula is C18H22ClF3N2O3S. The highest BCUT2D eigenvalue weighted by Gasteiger charge is 2.37. The first-order valence-electron chi connectivity index (χ1n) is 9.26. The van der Waals surface area contributed by atoms with Gasteiger partial charge in [-0.2, -0.15) is 17.5 Å². The van der Waals surface area contributed by atoms with Gasteiger partial charge in [0.2, 0.25) is 15.9 Å². The number of carbonyl (C=O) groups excluding carboxylic acids is 1. The molecular weight excluding hydrogens is 417 g/mol. The van der Waals surface area contributed by atoms with Crippen LogP contribution in [0, 0.1) is 5.92 Å². The number of amides is 1. The molecule has 156 valence electrons. The van der Waals surface area contributed by atoms with E-state index in [9.17, 15) is 26.4 Å². The van der Waals surface area contributed by atoms with E-state index in [1.807, 2.05) is 0 Å². The largest absolute Gasteiger partial charge is 0.417 e. The summed E-state index contributed by atoms with van der Waals surface area (Å²) in [5.41, 5.74) is -1.18. The molecule has 0 spiro atoms. The zero-order chi connectivity index (χ0) is 20.5. The zero-order valence-corrected chi connectivity index (χ0v) is 16.7. The quantitative estimate of drug-likeness (QED) is 0.777. The molecule has 1 heterocycles. The topological polar surface area (TPSA) is 66.5 Å². The number of sulfonamides is 1. The molecule has 0 aromatic heterocycles. The number of halogens is 4.